The molecule has 0 fully saturated rings. The molecule has 48 heavy (non-hydrogen) atoms. The summed E-state index contributed by atoms with van der Waals surface area (Å²) in [6.07, 6.45) is 8.11. The Morgan fingerprint density at radius 2 is 1.77 bits per heavy atom. The van der Waals surface area contributed by atoms with Crippen LogP contribution in [0.3, 0.4) is 0 Å². The van der Waals surface area contributed by atoms with Crippen LogP contribution in [0.4, 0.5) is 13.6 Å². The summed E-state index contributed by atoms with van der Waals surface area (Å²) in [5, 5.41) is 11.9. The van der Waals surface area contributed by atoms with Gasteiger partial charge in [-0.3, -0.25) is 9.59 Å². The summed E-state index contributed by atoms with van der Waals surface area (Å²) in [6.45, 7) is 7.38. The van der Waals surface area contributed by atoms with Gasteiger partial charge < -0.3 is 24.6 Å². The van der Waals surface area contributed by atoms with E-state index < -0.39 is 45.2 Å². The molecule has 12 heteroatoms. The highest BCUT2D eigenvalue weighted by molar-refractivity contribution is 8.32. The molecule has 0 aliphatic carbocycles. The maximum atomic E-state index is 15.1. The van der Waals surface area contributed by atoms with E-state index in [1.54, 1.807) is 11.1 Å². The van der Waals surface area contributed by atoms with Gasteiger partial charge in [-0.25, -0.2) is 23.6 Å². The van der Waals surface area contributed by atoms with E-state index in [0.29, 0.717) is 25.1 Å². The van der Waals surface area contributed by atoms with Crippen molar-refractivity contribution in [3.05, 3.63) is 83.7 Å². The minimum Gasteiger partial charge on any atom is -0.481 e. The van der Waals surface area contributed by atoms with Crippen LogP contribution in [-0.2, 0) is 20.9 Å². The van der Waals surface area contributed by atoms with Crippen LogP contribution in [0.2, 0.25) is 0 Å². The zero-order chi connectivity index (χ0) is 35.5. The number of thioether (sulfide) groups is 1. The van der Waals surface area contributed by atoms with Crippen molar-refractivity contribution in [3.63, 3.8) is 0 Å². The summed E-state index contributed by atoms with van der Waals surface area (Å²) in [7, 11) is -0.800. The molecule has 0 aliphatic heterocycles. The largest absolute Gasteiger partial charge is 0.481 e. The van der Waals surface area contributed by atoms with Gasteiger partial charge >= 0.3 is 12.1 Å². The lowest BCUT2D eigenvalue weighted by atomic mass is 9.83. The Balaban J connectivity index is 1.97. The number of carboxylic acid groups (broad SMARTS) is 1. The molecule has 3 rings (SSSR count). The smallest absolute Gasteiger partial charge is 0.407 e. The highest BCUT2D eigenvalue weighted by atomic mass is 32.3. The number of nitrogens with one attached hydrogen (secondary N) is 1. The van der Waals surface area contributed by atoms with E-state index in [1.165, 1.54) is 17.8 Å². The maximum absolute atomic E-state index is 15.1. The van der Waals surface area contributed by atoms with Gasteiger partial charge in [-0.05, 0) is 60.4 Å². The van der Waals surface area contributed by atoms with E-state index in [-0.39, 0.29) is 42.5 Å². The Hall–Kier alpha value is -3.51. The summed E-state index contributed by atoms with van der Waals surface area (Å²) < 4.78 is 36.7. The van der Waals surface area contributed by atoms with Gasteiger partial charge in [-0.15, -0.1) is 0 Å². The molecule has 8 nitrogen and oxygen atoms in total. The first kappa shape index (κ1) is 38.9. The van der Waals surface area contributed by atoms with Crippen LogP contribution in [-0.4, -0.2) is 88.3 Å². The van der Waals surface area contributed by atoms with Gasteiger partial charge in [0.15, 0.2) is 0 Å². The fourth-order valence-electron chi connectivity index (χ4n) is 5.29. The fraction of sp³-hybridized carbons (Fsp3) is 0.472. The molecule has 0 spiro atoms. The topological polar surface area (TPSA) is 101 Å². The zero-order valence-corrected chi connectivity index (χ0v) is 30.4. The van der Waals surface area contributed by atoms with Gasteiger partial charge in [0.2, 0.25) is 5.91 Å². The molecular formula is C36H49F2N3O5S2. The van der Waals surface area contributed by atoms with Crippen LogP contribution in [0.25, 0.3) is 11.1 Å². The molecule has 1 atom stereocenters. The molecule has 0 saturated carbocycles. The summed E-state index contributed by atoms with van der Waals surface area (Å²) in [6, 6.07) is 14.4. The molecule has 2 N–H and O–H groups in total. The SMILES string of the molecule is CC(C)(C)[C@H](c1cc(-c2cc(F)ccc2F)cn1Cc1ccccc1)N(CCCNC(=O)OCCS(C)(C)C)C(=O)CSCCC(=O)O. The number of halogens is 2. The third-order valence-electron chi connectivity index (χ3n) is 7.56. The van der Waals surface area contributed by atoms with E-state index in [2.05, 4.69) is 24.1 Å². The molecular weight excluding hydrogens is 657 g/mol. The average molecular weight is 706 g/mol. The minimum atomic E-state index is -0.933. The number of benzene rings is 2. The number of nitrogens with zero attached hydrogens (tertiary/aromatic N) is 2. The molecule has 0 unspecified atom stereocenters. The first-order valence-electron chi connectivity index (χ1n) is 15.9. The van der Waals surface area contributed by atoms with Crippen molar-refractivity contribution < 1.29 is 33.0 Å². The number of hydrogen-bond acceptors (Lipinski definition) is 5. The number of rotatable bonds is 17. The van der Waals surface area contributed by atoms with Crippen molar-refractivity contribution in [2.75, 3.05) is 55.7 Å². The number of carbonyl (C=O) groups is 3. The Bertz CT molecular complexity index is 1520. The third kappa shape index (κ3) is 12.5. The highest BCUT2D eigenvalue weighted by Crippen LogP contribution is 2.41. The summed E-state index contributed by atoms with van der Waals surface area (Å²) in [5.74, 6) is -1.08. The van der Waals surface area contributed by atoms with Gasteiger partial charge in [0, 0.05) is 54.2 Å². The molecule has 0 bridgehead atoms. The van der Waals surface area contributed by atoms with E-state index in [4.69, 9.17) is 9.84 Å². The Morgan fingerprint density at radius 3 is 2.42 bits per heavy atom. The lowest BCUT2D eigenvalue weighted by molar-refractivity contribution is -0.136. The standard InChI is InChI=1S/C36H49F2N3O5S2/c1-36(2,3)34(31-21-27(29-22-28(37)13-14-30(29)38)24-40(31)23-26-11-8-7-9-12-26)41(32(42)25-47-19-15-33(43)44)17-10-16-39-35(45)46-18-20-48(4,5)6/h7-9,11-14,21-22,24,34H,10,15-20,23,25H2,1-6H3,(H,39,45)(H,43,44)/t34-/m0/s1. The number of carboxylic acids is 1. The van der Waals surface area contributed by atoms with Gasteiger partial charge in [0.1, 0.15) is 18.2 Å². The molecule has 1 heterocycles. The molecule has 1 aromatic heterocycles. The van der Waals surface area contributed by atoms with Gasteiger partial charge in [0.25, 0.3) is 0 Å². The molecule has 0 aliphatic rings. The van der Waals surface area contributed by atoms with Gasteiger partial charge in [0.05, 0.1) is 18.2 Å². The second kappa shape index (κ2) is 17.8. The lowest BCUT2D eigenvalue weighted by Gasteiger charge is -2.41. The molecule has 3 aromatic rings. The number of hydrogen-bond donors (Lipinski definition) is 2. The molecule has 0 saturated heterocycles. The monoisotopic (exact) mass is 705 g/mol. The van der Waals surface area contributed by atoms with Gasteiger partial charge in [-0.1, -0.05) is 51.1 Å². The third-order valence-corrected chi connectivity index (χ3v) is 9.89. The summed E-state index contributed by atoms with van der Waals surface area (Å²) in [4.78, 5) is 39.2. The maximum Gasteiger partial charge on any atom is 0.407 e. The van der Waals surface area contributed by atoms with Crippen LogP contribution in [0, 0.1) is 17.0 Å². The number of ether oxygens (including phenoxy) is 1. The van der Waals surface area contributed by atoms with Crippen LogP contribution in [0.5, 0.6) is 0 Å². The average Bonchev–Trinajstić information content (AvgIpc) is 3.39. The number of aliphatic carboxylic acids is 1. The van der Waals surface area contributed by atoms with Crippen molar-refractivity contribution in [3.8, 4) is 11.1 Å². The predicted octanol–water partition coefficient (Wildman–Crippen LogP) is 7.42. The van der Waals surface area contributed by atoms with Crippen molar-refractivity contribution >= 4 is 39.8 Å². The first-order chi connectivity index (χ1) is 22.5. The van der Waals surface area contributed by atoms with Crippen LogP contribution < -0.4 is 5.32 Å². The van der Waals surface area contributed by atoms with Crippen LogP contribution in [0.1, 0.15) is 50.9 Å². The normalized spacial score (nSPS) is 12.8. The van der Waals surface area contributed by atoms with Crippen molar-refractivity contribution in [1.82, 2.24) is 14.8 Å². The fourth-order valence-corrected chi connectivity index (χ4v) is 6.67. The quantitative estimate of drug-likeness (QED) is 0.142. The zero-order valence-electron chi connectivity index (χ0n) is 28.8. The number of carbonyl (C=O) groups excluding carboxylic acids is 2. The predicted molar refractivity (Wildman–Crippen MR) is 193 cm³/mol. The number of aromatic nitrogens is 1. The first-order valence-corrected chi connectivity index (χ1v) is 20.1. The lowest BCUT2D eigenvalue weighted by Crippen LogP contribution is -2.44. The number of alkyl carbamates (subject to hydrolysis) is 1. The van der Waals surface area contributed by atoms with E-state index in [0.717, 1.165) is 29.1 Å². The molecule has 0 radical (unpaired) electrons. The van der Waals surface area contributed by atoms with Gasteiger partial charge in [-0.2, -0.15) is 11.8 Å². The van der Waals surface area contributed by atoms with Crippen LogP contribution in [0.15, 0.2) is 60.8 Å². The van der Waals surface area contributed by atoms with Crippen molar-refractivity contribution in [1.29, 1.82) is 0 Å². The summed E-state index contributed by atoms with van der Waals surface area (Å²) >= 11 is 1.25. The summed E-state index contributed by atoms with van der Waals surface area (Å²) in [5.41, 5.74) is 1.82. The van der Waals surface area contributed by atoms with Crippen LogP contribution >= 0.6 is 21.8 Å². The number of amides is 2. The Kier molecular flexibility index (Phi) is 14.4. The van der Waals surface area contributed by atoms with E-state index >= 15 is 4.39 Å². The van der Waals surface area contributed by atoms with E-state index in [9.17, 15) is 18.8 Å². The van der Waals surface area contributed by atoms with Crippen molar-refractivity contribution in [2.24, 2.45) is 5.41 Å². The Morgan fingerprint density at radius 1 is 1.06 bits per heavy atom. The molecule has 264 valence electrons. The van der Waals surface area contributed by atoms with E-state index in [1.807, 2.05) is 61.7 Å². The minimum absolute atomic E-state index is 0.0636. The molecule has 2 amide bonds. The Labute approximate surface area is 288 Å². The second-order valence-electron chi connectivity index (χ2n) is 13.7. The van der Waals surface area contributed by atoms with Crippen molar-refractivity contribution in [2.45, 2.75) is 46.2 Å². The highest BCUT2D eigenvalue weighted by Gasteiger charge is 2.37. The molecule has 2 aromatic carbocycles. The second-order valence-corrected chi connectivity index (χ2v) is 19.3.